The number of hydrogen-bond donors (Lipinski definition) is 1. The highest BCUT2D eigenvalue weighted by Crippen LogP contribution is 2.21. The van der Waals surface area contributed by atoms with E-state index in [0.29, 0.717) is 11.5 Å². The number of hydrogen-bond acceptors (Lipinski definition) is 4. The first kappa shape index (κ1) is 17.4. The topological polar surface area (TPSA) is 58.1 Å². The number of amides is 1. The Hall–Kier alpha value is -2.43. The molecule has 0 spiro atoms. The molecular formula is C20H26N4O. The lowest BCUT2D eigenvalue weighted by Crippen LogP contribution is -2.34. The van der Waals surface area contributed by atoms with E-state index in [0.717, 1.165) is 25.1 Å². The molecule has 132 valence electrons. The van der Waals surface area contributed by atoms with Crippen molar-refractivity contribution in [3.63, 3.8) is 0 Å². The summed E-state index contributed by atoms with van der Waals surface area (Å²) in [7, 11) is 0. The van der Waals surface area contributed by atoms with Crippen molar-refractivity contribution in [1.29, 1.82) is 0 Å². The van der Waals surface area contributed by atoms with Crippen LogP contribution < -0.4 is 10.2 Å². The first-order chi connectivity index (χ1) is 12.3. The summed E-state index contributed by atoms with van der Waals surface area (Å²) in [6, 6.07) is 10.3. The molecule has 2 aromatic rings. The maximum absolute atomic E-state index is 12.4. The van der Waals surface area contributed by atoms with E-state index in [1.54, 1.807) is 12.4 Å². The van der Waals surface area contributed by atoms with Gasteiger partial charge in [0.05, 0.1) is 5.56 Å². The van der Waals surface area contributed by atoms with Gasteiger partial charge in [0.15, 0.2) is 0 Å². The lowest BCUT2D eigenvalue weighted by molar-refractivity contribution is 0.0932. The van der Waals surface area contributed by atoms with Crippen molar-refractivity contribution in [1.82, 2.24) is 15.3 Å². The lowest BCUT2D eigenvalue weighted by atomic mass is 10.1. The third-order valence-corrected chi connectivity index (χ3v) is 4.72. The Bertz CT molecular complexity index is 664. The molecule has 25 heavy (non-hydrogen) atoms. The van der Waals surface area contributed by atoms with Crippen LogP contribution >= 0.6 is 0 Å². The highest BCUT2D eigenvalue weighted by molar-refractivity contribution is 5.93. The normalized spacial score (nSPS) is 15.4. The van der Waals surface area contributed by atoms with Crippen molar-refractivity contribution in [2.75, 3.05) is 11.4 Å². The van der Waals surface area contributed by atoms with Gasteiger partial charge in [-0.3, -0.25) is 4.79 Å². The van der Waals surface area contributed by atoms with E-state index in [1.165, 1.54) is 25.7 Å². The molecule has 0 saturated heterocycles. The number of aromatic nitrogens is 2. The van der Waals surface area contributed by atoms with Crippen molar-refractivity contribution < 1.29 is 4.79 Å². The number of nitrogens with one attached hydrogen (secondary N) is 1. The monoisotopic (exact) mass is 338 g/mol. The molecule has 0 radical (unpaired) electrons. The fraction of sp³-hybridized carbons (Fsp3) is 0.450. The molecule has 0 atom stereocenters. The Labute approximate surface area is 149 Å². The second-order valence-electron chi connectivity index (χ2n) is 6.51. The van der Waals surface area contributed by atoms with Crippen LogP contribution in [0, 0.1) is 0 Å². The molecule has 1 aliphatic rings. The van der Waals surface area contributed by atoms with Crippen molar-refractivity contribution >= 4 is 17.5 Å². The molecule has 0 unspecified atom stereocenters. The van der Waals surface area contributed by atoms with Crippen molar-refractivity contribution in [3.8, 4) is 0 Å². The van der Waals surface area contributed by atoms with Crippen LogP contribution in [0.1, 0.15) is 55.8 Å². The van der Waals surface area contributed by atoms with Gasteiger partial charge in [0.25, 0.3) is 5.91 Å². The van der Waals surface area contributed by atoms with E-state index in [-0.39, 0.29) is 11.9 Å². The van der Waals surface area contributed by atoms with E-state index >= 15 is 0 Å². The van der Waals surface area contributed by atoms with Gasteiger partial charge < -0.3 is 10.2 Å². The predicted molar refractivity (Wildman–Crippen MR) is 100 cm³/mol. The summed E-state index contributed by atoms with van der Waals surface area (Å²) in [5, 5.41) is 3.14. The van der Waals surface area contributed by atoms with Gasteiger partial charge in [0, 0.05) is 30.7 Å². The van der Waals surface area contributed by atoms with Gasteiger partial charge in [-0.1, -0.05) is 43.9 Å². The molecule has 1 heterocycles. The Kier molecular flexibility index (Phi) is 5.99. The molecule has 0 bridgehead atoms. The summed E-state index contributed by atoms with van der Waals surface area (Å²) in [5.74, 6) is 0.543. The Balaban J connectivity index is 1.67. The van der Waals surface area contributed by atoms with Gasteiger partial charge in [-0.05, 0) is 31.9 Å². The van der Waals surface area contributed by atoms with Crippen molar-refractivity contribution in [3.05, 3.63) is 48.3 Å². The Morgan fingerprint density at radius 3 is 2.32 bits per heavy atom. The van der Waals surface area contributed by atoms with Crippen LogP contribution in [0.2, 0.25) is 0 Å². The molecule has 5 heteroatoms. The molecule has 1 aromatic heterocycles. The van der Waals surface area contributed by atoms with Crippen LogP contribution in [0.5, 0.6) is 0 Å². The number of nitrogens with zero attached hydrogens (tertiary/aromatic N) is 3. The average molecular weight is 338 g/mol. The number of rotatable bonds is 5. The highest BCUT2D eigenvalue weighted by atomic mass is 16.1. The number of anilines is 2. The fourth-order valence-corrected chi connectivity index (χ4v) is 3.32. The third kappa shape index (κ3) is 4.56. The summed E-state index contributed by atoms with van der Waals surface area (Å²) in [4.78, 5) is 23.3. The third-order valence-electron chi connectivity index (χ3n) is 4.72. The van der Waals surface area contributed by atoms with Gasteiger partial charge in [-0.15, -0.1) is 0 Å². The summed E-state index contributed by atoms with van der Waals surface area (Å²) < 4.78 is 0. The second-order valence-corrected chi connectivity index (χ2v) is 6.51. The van der Waals surface area contributed by atoms with E-state index in [1.807, 2.05) is 35.2 Å². The predicted octanol–water partition coefficient (Wildman–Crippen LogP) is 4.09. The highest BCUT2D eigenvalue weighted by Gasteiger charge is 2.17. The number of carbonyl (C=O) groups is 1. The first-order valence-corrected chi connectivity index (χ1v) is 9.23. The SMILES string of the molecule is CCN(c1ccccc1)c1ncc(C(=O)NC2CCCCCC2)cn1. The van der Waals surface area contributed by atoms with Crippen molar-refractivity contribution in [2.24, 2.45) is 0 Å². The van der Waals surface area contributed by atoms with Crippen molar-refractivity contribution in [2.45, 2.75) is 51.5 Å². The minimum atomic E-state index is -0.0683. The van der Waals surface area contributed by atoms with Gasteiger partial charge in [-0.25, -0.2) is 9.97 Å². The fourth-order valence-electron chi connectivity index (χ4n) is 3.32. The minimum Gasteiger partial charge on any atom is -0.349 e. The molecule has 3 rings (SSSR count). The smallest absolute Gasteiger partial charge is 0.254 e. The quantitative estimate of drug-likeness (QED) is 0.834. The molecule has 1 aromatic carbocycles. The molecule has 1 N–H and O–H groups in total. The van der Waals surface area contributed by atoms with E-state index < -0.39 is 0 Å². The van der Waals surface area contributed by atoms with Gasteiger partial charge >= 0.3 is 0 Å². The van der Waals surface area contributed by atoms with Gasteiger partial charge in [-0.2, -0.15) is 0 Å². The molecule has 1 saturated carbocycles. The zero-order chi connectivity index (χ0) is 17.5. The van der Waals surface area contributed by atoms with Crippen LogP contribution in [0.3, 0.4) is 0 Å². The number of para-hydroxylation sites is 1. The summed E-state index contributed by atoms with van der Waals surface area (Å²) in [5.41, 5.74) is 1.57. The van der Waals surface area contributed by atoms with Crippen LogP contribution in [0.4, 0.5) is 11.6 Å². The van der Waals surface area contributed by atoms with Gasteiger partial charge in [0.2, 0.25) is 5.95 Å². The standard InChI is InChI=1S/C20H26N4O/c1-2-24(18-12-8-5-9-13-18)20-21-14-16(15-22-20)19(25)23-17-10-6-3-4-7-11-17/h5,8-9,12-15,17H,2-4,6-7,10-11H2,1H3,(H,23,25). The van der Waals surface area contributed by atoms with Crippen LogP contribution in [-0.2, 0) is 0 Å². The maximum Gasteiger partial charge on any atom is 0.254 e. The van der Waals surface area contributed by atoms with E-state index in [4.69, 9.17) is 0 Å². The van der Waals surface area contributed by atoms with E-state index in [9.17, 15) is 4.79 Å². The summed E-state index contributed by atoms with van der Waals surface area (Å²) in [6.07, 6.45) is 10.3. The lowest BCUT2D eigenvalue weighted by Gasteiger charge is -2.21. The molecular weight excluding hydrogens is 312 g/mol. The molecule has 1 aliphatic carbocycles. The second kappa shape index (κ2) is 8.60. The Morgan fingerprint density at radius 2 is 1.72 bits per heavy atom. The molecule has 1 fully saturated rings. The largest absolute Gasteiger partial charge is 0.349 e. The van der Waals surface area contributed by atoms with Crippen LogP contribution in [-0.4, -0.2) is 28.5 Å². The zero-order valence-corrected chi connectivity index (χ0v) is 14.8. The summed E-state index contributed by atoms with van der Waals surface area (Å²) in [6.45, 7) is 2.82. The average Bonchev–Trinajstić information content (AvgIpc) is 2.92. The Morgan fingerprint density at radius 1 is 1.08 bits per heavy atom. The number of carbonyl (C=O) groups excluding carboxylic acids is 1. The first-order valence-electron chi connectivity index (χ1n) is 9.23. The molecule has 1 amide bonds. The summed E-state index contributed by atoms with van der Waals surface area (Å²) >= 11 is 0. The van der Waals surface area contributed by atoms with Crippen LogP contribution in [0.15, 0.2) is 42.7 Å². The molecule has 5 nitrogen and oxygen atoms in total. The molecule has 0 aliphatic heterocycles. The maximum atomic E-state index is 12.4. The van der Waals surface area contributed by atoms with Crippen LogP contribution in [0.25, 0.3) is 0 Å². The number of benzene rings is 1. The zero-order valence-electron chi connectivity index (χ0n) is 14.8. The minimum absolute atomic E-state index is 0.0683. The van der Waals surface area contributed by atoms with E-state index in [2.05, 4.69) is 22.2 Å². The van der Waals surface area contributed by atoms with Gasteiger partial charge in [0.1, 0.15) is 0 Å².